The summed E-state index contributed by atoms with van der Waals surface area (Å²) < 4.78 is 0.627. The number of anilines is 1. The van der Waals surface area contributed by atoms with E-state index < -0.39 is 4.92 Å². The Balaban J connectivity index is 2.51. The van der Waals surface area contributed by atoms with Crippen LogP contribution in [0.5, 0.6) is 0 Å². The summed E-state index contributed by atoms with van der Waals surface area (Å²) in [6.45, 7) is 1.96. The molecule has 1 aromatic carbocycles. The molecule has 0 atom stereocenters. The molecular weight excluding hydrogens is 272 g/mol. The van der Waals surface area contributed by atoms with Gasteiger partial charge < -0.3 is 5.32 Å². The Hall–Kier alpha value is -1.47. The molecule has 0 bridgehead atoms. The smallest absolute Gasteiger partial charge is 0.271 e. The minimum atomic E-state index is -0.490. The van der Waals surface area contributed by atoms with Crippen LogP contribution in [-0.2, 0) is 4.79 Å². The van der Waals surface area contributed by atoms with Crippen LogP contribution in [-0.4, -0.2) is 16.6 Å². The Kier molecular flexibility index (Phi) is 3.63. The molecule has 18 heavy (non-hydrogen) atoms. The fraction of sp³-hybridized carbons (Fsp3) is 0.182. The Labute approximate surface area is 113 Å². The molecule has 1 heterocycles. The summed E-state index contributed by atoms with van der Waals surface area (Å²) in [6.07, 6.45) is 0. The normalized spacial score (nSPS) is 16.2. The second-order valence-corrected chi connectivity index (χ2v) is 5.58. The quantitative estimate of drug-likeness (QED) is 0.387. The molecular formula is C11H10N2O3S2. The first-order valence-corrected chi connectivity index (χ1v) is 6.64. The van der Waals surface area contributed by atoms with Crippen molar-refractivity contribution in [3.8, 4) is 0 Å². The van der Waals surface area contributed by atoms with Gasteiger partial charge >= 0.3 is 0 Å². The van der Waals surface area contributed by atoms with Gasteiger partial charge in [0, 0.05) is 17.7 Å². The van der Waals surface area contributed by atoms with Crippen molar-refractivity contribution in [3.05, 3.63) is 38.1 Å². The van der Waals surface area contributed by atoms with E-state index in [-0.39, 0.29) is 11.6 Å². The van der Waals surface area contributed by atoms with Gasteiger partial charge in [0.05, 0.1) is 20.4 Å². The van der Waals surface area contributed by atoms with Crippen molar-refractivity contribution < 1.29 is 9.72 Å². The average molecular weight is 282 g/mol. The third-order valence-electron chi connectivity index (χ3n) is 2.45. The molecule has 1 aliphatic heterocycles. The molecule has 7 heteroatoms. The minimum Gasteiger partial charge on any atom is -0.321 e. The lowest BCUT2D eigenvalue weighted by Gasteiger charge is -2.02. The van der Waals surface area contributed by atoms with Crippen LogP contribution >= 0.6 is 24.4 Å². The minimum absolute atomic E-state index is 0.0424. The molecule has 0 spiro atoms. The van der Waals surface area contributed by atoms with Crippen LogP contribution in [0, 0.1) is 10.1 Å². The highest BCUT2D eigenvalue weighted by Gasteiger charge is 2.28. The van der Waals surface area contributed by atoms with E-state index >= 15 is 0 Å². The van der Waals surface area contributed by atoms with Crippen LogP contribution in [0.4, 0.5) is 11.4 Å². The summed E-state index contributed by atoms with van der Waals surface area (Å²) in [7, 11) is 0. The highest BCUT2D eigenvalue weighted by molar-refractivity contribution is 8.15. The maximum absolute atomic E-state index is 11.8. The number of benzene rings is 1. The molecule has 1 N–H and O–H groups in total. The topological polar surface area (TPSA) is 72.2 Å². The third kappa shape index (κ3) is 2.23. The Morgan fingerprint density at radius 3 is 2.89 bits per heavy atom. The van der Waals surface area contributed by atoms with E-state index in [1.54, 1.807) is 6.07 Å². The summed E-state index contributed by atoms with van der Waals surface area (Å²) in [5.41, 5.74) is 1.57. The van der Waals surface area contributed by atoms with Crippen LogP contribution in [0.15, 0.2) is 22.4 Å². The first-order valence-electron chi connectivity index (χ1n) is 5.20. The van der Waals surface area contributed by atoms with Crippen molar-refractivity contribution >= 4 is 47.2 Å². The number of carbonyl (C=O) groups excluding carboxylic acids is 1. The number of hydrogen-bond donors (Lipinski definition) is 2. The van der Waals surface area contributed by atoms with Gasteiger partial charge in [0.2, 0.25) is 0 Å². The zero-order valence-electron chi connectivity index (χ0n) is 9.47. The molecule has 0 aromatic heterocycles. The van der Waals surface area contributed by atoms with Crippen molar-refractivity contribution in [2.75, 3.05) is 11.1 Å². The number of non-ortho nitro benzene ring substituents is 1. The van der Waals surface area contributed by atoms with Gasteiger partial charge in [0.15, 0.2) is 0 Å². The van der Waals surface area contributed by atoms with Gasteiger partial charge in [0.1, 0.15) is 0 Å². The number of amides is 1. The zero-order valence-corrected chi connectivity index (χ0v) is 11.2. The Bertz CT molecular complexity index is 569. The predicted molar refractivity (Wildman–Crippen MR) is 75.8 cm³/mol. The van der Waals surface area contributed by atoms with Gasteiger partial charge in [-0.1, -0.05) is 6.92 Å². The number of fused-ring (bicyclic) bond motifs is 1. The van der Waals surface area contributed by atoms with E-state index in [1.807, 2.05) is 6.92 Å². The summed E-state index contributed by atoms with van der Waals surface area (Å²) in [5, 5.41) is 13.3. The van der Waals surface area contributed by atoms with E-state index in [0.717, 1.165) is 5.75 Å². The average Bonchev–Trinajstić information content (AvgIpc) is 2.63. The number of thiol groups is 1. The molecule has 0 aliphatic carbocycles. The molecule has 94 valence electrons. The molecule has 1 aliphatic rings. The van der Waals surface area contributed by atoms with Gasteiger partial charge in [-0.15, -0.1) is 24.4 Å². The molecule has 0 radical (unpaired) electrons. The highest BCUT2D eigenvalue weighted by atomic mass is 32.2. The molecule has 0 saturated carbocycles. The maximum Gasteiger partial charge on any atom is 0.271 e. The first-order chi connectivity index (χ1) is 8.54. The maximum atomic E-state index is 11.8. The van der Waals surface area contributed by atoms with Gasteiger partial charge in [-0.05, 0) is 11.8 Å². The number of nitro benzene ring substituents is 1. The van der Waals surface area contributed by atoms with Crippen LogP contribution in [0.1, 0.15) is 12.5 Å². The van der Waals surface area contributed by atoms with E-state index in [2.05, 4.69) is 17.9 Å². The lowest BCUT2D eigenvalue weighted by atomic mass is 10.1. The fourth-order valence-electron chi connectivity index (χ4n) is 1.70. The summed E-state index contributed by atoms with van der Waals surface area (Å²) in [5.74, 6) is 0.536. The van der Waals surface area contributed by atoms with Crippen LogP contribution in [0.25, 0.3) is 5.57 Å². The second kappa shape index (κ2) is 5.03. The molecule has 0 fully saturated rings. The molecule has 1 aromatic rings. The Morgan fingerprint density at radius 1 is 1.56 bits per heavy atom. The molecule has 5 nitrogen and oxygen atoms in total. The predicted octanol–water partition coefficient (Wildman–Crippen LogP) is 2.90. The highest BCUT2D eigenvalue weighted by Crippen LogP contribution is 2.39. The van der Waals surface area contributed by atoms with Crippen molar-refractivity contribution in [2.24, 2.45) is 0 Å². The number of rotatable bonds is 3. The Morgan fingerprint density at radius 2 is 2.28 bits per heavy atom. The van der Waals surface area contributed by atoms with Crippen molar-refractivity contribution in [2.45, 2.75) is 6.92 Å². The van der Waals surface area contributed by atoms with Gasteiger partial charge in [-0.2, -0.15) is 0 Å². The molecule has 0 unspecified atom stereocenters. The largest absolute Gasteiger partial charge is 0.321 e. The van der Waals surface area contributed by atoms with E-state index in [0.29, 0.717) is 21.1 Å². The standard InChI is InChI=1S/C11H10N2O3S2/c1-2-18-11(17)9-7-4-3-6(13(15)16)5-8(7)12-10(9)14/h3-5,17H,2H2,1H3,(H,12,14)/b11-9-. The molecule has 0 saturated heterocycles. The summed E-state index contributed by atoms with van der Waals surface area (Å²) >= 11 is 5.76. The van der Waals surface area contributed by atoms with E-state index in [1.165, 1.54) is 23.9 Å². The number of nitrogens with zero attached hydrogens (tertiary/aromatic N) is 1. The van der Waals surface area contributed by atoms with Crippen LogP contribution in [0.3, 0.4) is 0 Å². The SMILES string of the molecule is CCS/C(S)=C1\C(=O)Nc2cc([N+](=O)[O-])ccc21. The molecule has 1 amide bonds. The van der Waals surface area contributed by atoms with E-state index in [4.69, 9.17) is 0 Å². The number of thioether (sulfide) groups is 1. The monoisotopic (exact) mass is 282 g/mol. The van der Waals surface area contributed by atoms with Gasteiger partial charge in [-0.25, -0.2) is 0 Å². The number of carbonyl (C=O) groups is 1. The zero-order chi connectivity index (χ0) is 13.3. The van der Waals surface area contributed by atoms with Crippen molar-refractivity contribution in [1.82, 2.24) is 0 Å². The van der Waals surface area contributed by atoms with Crippen LogP contribution in [0.2, 0.25) is 0 Å². The fourth-order valence-corrected chi connectivity index (χ4v) is 2.93. The number of nitrogens with one attached hydrogen (secondary N) is 1. The second-order valence-electron chi connectivity index (χ2n) is 3.55. The van der Waals surface area contributed by atoms with Crippen LogP contribution < -0.4 is 5.32 Å². The number of hydrogen-bond acceptors (Lipinski definition) is 5. The number of nitro groups is 1. The third-order valence-corrected chi connectivity index (χ3v) is 3.83. The lowest BCUT2D eigenvalue weighted by molar-refractivity contribution is -0.384. The summed E-state index contributed by atoms with van der Waals surface area (Å²) in [4.78, 5) is 22.0. The first kappa shape index (κ1) is 13.0. The lowest BCUT2D eigenvalue weighted by Crippen LogP contribution is -2.04. The summed E-state index contributed by atoms with van der Waals surface area (Å²) in [6, 6.07) is 4.32. The van der Waals surface area contributed by atoms with Gasteiger partial charge in [-0.3, -0.25) is 14.9 Å². The van der Waals surface area contributed by atoms with Crippen molar-refractivity contribution in [3.63, 3.8) is 0 Å². The van der Waals surface area contributed by atoms with Gasteiger partial charge in [0.25, 0.3) is 11.6 Å². The van der Waals surface area contributed by atoms with E-state index in [9.17, 15) is 14.9 Å². The molecule has 2 rings (SSSR count). The van der Waals surface area contributed by atoms with Crippen molar-refractivity contribution in [1.29, 1.82) is 0 Å².